The zero-order valence-electron chi connectivity index (χ0n) is 9.72. The summed E-state index contributed by atoms with van der Waals surface area (Å²) in [5, 5.41) is 11.9. The van der Waals surface area contributed by atoms with E-state index in [0.29, 0.717) is 5.02 Å². The Labute approximate surface area is 113 Å². The molecule has 0 aliphatic carbocycles. The molecule has 2 N–H and O–H groups in total. The smallest absolute Gasteiger partial charge is 0.338 e. The van der Waals surface area contributed by atoms with Crippen molar-refractivity contribution in [3.05, 3.63) is 58.5 Å². The standard InChI is InChI=1S/C13H10ClNO4/c14-10-4-2-1-3-8(10)6-15-12(16)11-5-9(7-19-11)13(17)18/h1-5,7H,6H2,(H,15,16)(H,17,18). The fourth-order valence-corrected chi connectivity index (χ4v) is 1.67. The van der Waals surface area contributed by atoms with Crippen LogP contribution in [0.3, 0.4) is 0 Å². The summed E-state index contributed by atoms with van der Waals surface area (Å²) in [5.41, 5.74) is 0.699. The minimum Gasteiger partial charge on any atom is -0.478 e. The number of carbonyl (C=O) groups is 2. The van der Waals surface area contributed by atoms with E-state index in [9.17, 15) is 9.59 Å². The van der Waals surface area contributed by atoms with Crippen LogP contribution in [0.2, 0.25) is 5.02 Å². The van der Waals surface area contributed by atoms with Crippen LogP contribution < -0.4 is 5.32 Å². The summed E-state index contributed by atoms with van der Waals surface area (Å²) in [5.74, 6) is -1.69. The van der Waals surface area contributed by atoms with Gasteiger partial charge in [0.15, 0.2) is 5.76 Å². The van der Waals surface area contributed by atoms with Crippen molar-refractivity contribution in [1.82, 2.24) is 5.32 Å². The van der Waals surface area contributed by atoms with Gasteiger partial charge in [-0.25, -0.2) is 4.79 Å². The SMILES string of the molecule is O=C(O)c1coc(C(=O)NCc2ccccc2Cl)c1. The normalized spacial score (nSPS) is 10.2. The average Bonchev–Trinajstić information content (AvgIpc) is 2.87. The largest absolute Gasteiger partial charge is 0.478 e. The molecule has 98 valence electrons. The number of carbonyl (C=O) groups excluding carboxylic acids is 1. The molecular weight excluding hydrogens is 270 g/mol. The van der Waals surface area contributed by atoms with Crippen molar-refractivity contribution in [2.24, 2.45) is 0 Å². The molecule has 0 bridgehead atoms. The summed E-state index contributed by atoms with van der Waals surface area (Å²) in [4.78, 5) is 22.4. The number of aromatic carboxylic acids is 1. The summed E-state index contributed by atoms with van der Waals surface area (Å²) < 4.78 is 4.88. The van der Waals surface area contributed by atoms with Gasteiger partial charge >= 0.3 is 5.97 Å². The highest BCUT2D eigenvalue weighted by Gasteiger charge is 2.14. The number of nitrogens with one attached hydrogen (secondary N) is 1. The molecule has 0 atom stereocenters. The molecule has 1 aromatic heterocycles. The van der Waals surface area contributed by atoms with Gasteiger partial charge in [0, 0.05) is 17.6 Å². The van der Waals surface area contributed by atoms with Crippen LogP contribution in [0.1, 0.15) is 26.5 Å². The van der Waals surface area contributed by atoms with Gasteiger partial charge in [0.2, 0.25) is 0 Å². The van der Waals surface area contributed by atoms with Gasteiger partial charge in [-0.15, -0.1) is 0 Å². The molecule has 2 rings (SSSR count). The van der Waals surface area contributed by atoms with Crippen molar-refractivity contribution in [2.45, 2.75) is 6.54 Å². The van der Waals surface area contributed by atoms with E-state index in [0.717, 1.165) is 11.8 Å². The average molecular weight is 280 g/mol. The predicted molar refractivity (Wildman–Crippen MR) is 68.3 cm³/mol. The molecule has 19 heavy (non-hydrogen) atoms. The maximum Gasteiger partial charge on any atom is 0.338 e. The van der Waals surface area contributed by atoms with E-state index in [2.05, 4.69) is 5.32 Å². The minimum absolute atomic E-state index is 0.0514. The molecule has 0 spiro atoms. The maximum atomic E-state index is 11.7. The van der Waals surface area contributed by atoms with Crippen LogP contribution in [0.4, 0.5) is 0 Å². The number of amides is 1. The Morgan fingerprint density at radius 2 is 2.05 bits per heavy atom. The molecule has 0 fully saturated rings. The number of hydrogen-bond acceptors (Lipinski definition) is 3. The molecule has 0 aliphatic rings. The van der Waals surface area contributed by atoms with Crippen LogP contribution in [-0.4, -0.2) is 17.0 Å². The van der Waals surface area contributed by atoms with E-state index in [4.69, 9.17) is 21.1 Å². The second kappa shape index (κ2) is 5.58. The molecule has 6 heteroatoms. The Balaban J connectivity index is 2.01. The summed E-state index contributed by atoms with van der Waals surface area (Å²) >= 11 is 5.95. The molecule has 0 saturated heterocycles. The van der Waals surface area contributed by atoms with Gasteiger partial charge in [-0.2, -0.15) is 0 Å². The molecule has 5 nitrogen and oxygen atoms in total. The van der Waals surface area contributed by atoms with Gasteiger partial charge in [0.1, 0.15) is 6.26 Å². The van der Waals surface area contributed by atoms with E-state index in [1.807, 2.05) is 6.07 Å². The van der Waals surface area contributed by atoms with E-state index in [1.165, 1.54) is 6.07 Å². The third kappa shape index (κ3) is 3.14. The molecule has 1 aromatic carbocycles. The third-order valence-electron chi connectivity index (χ3n) is 2.47. The number of furan rings is 1. The van der Waals surface area contributed by atoms with Crippen molar-refractivity contribution in [3.8, 4) is 0 Å². The lowest BCUT2D eigenvalue weighted by molar-refractivity contribution is 0.0696. The number of benzene rings is 1. The molecule has 1 amide bonds. The van der Waals surface area contributed by atoms with E-state index in [-0.39, 0.29) is 17.9 Å². The fraction of sp³-hybridized carbons (Fsp3) is 0.0769. The fourth-order valence-electron chi connectivity index (χ4n) is 1.47. The quantitative estimate of drug-likeness (QED) is 0.901. The lowest BCUT2D eigenvalue weighted by Gasteiger charge is -2.04. The molecule has 2 aromatic rings. The highest BCUT2D eigenvalue weighted by atomic mass is 35.5. The monoisotopic (exact) mass is 279 g/mol. The second-order valence-corrected chi connectivity index (χ2v) is 4.19. The van der Waals surface area contributed by atoms with Crippen LogP contribution in [0.25, 0.3) is 0 Å². The van der Waals surface area contributed by atoms with Gasteiger partial charge in [-0.1, -0.05) is 29.8 Å². The summed E-state index contributed by atoms with van der Waals surface area (Å²) in [7, 11) is 0. The summed E-state index contributed by atoms with van der Waals surface area (Å²) in [6.07, 6.45) is 1.02. The predicted octanol–water partition coefficient (Wildman–Crippen LogP) is 2.56. The van der Waals surface area contributed by atoms with Gasteiger partial charge < -0.3 is 14.8 Å². The number of carboxylic acids is 1. The Morgan fingerprint density at radius 3 is 2.68 bits per heavy atom. The second-order valence-electron chi connectivity index (χ2n) is 3.78. The van der Waals surface area contributed by atoms with Crippen molar-refractivity contribution < 1.29 is 19.1 Å². The van der Waals surface area contributed by atoms with Crippen LogP contribution in [0, 0.1) is 0 Å². The van der Waals surface area contributed by atoms with Crippen molar-refractivity contribution >= 4 is 23.5 Å². The van der Waals surface area contributed by atoms with Crippen molar-refractivity contribution in [3.63, 3.8) is 0 Å². The Kier molecular flexibility index (Phi) is 3.87. The number of halogens is 1. The Bertz CT molecular complexity index is 621. The van der Waals surface area contributed by atoms with E-state index < -0.39 is 11.9 Å². The molecule has 0 unspecified atom stereocenters. The highest BCUT2D eigenvalue weighted by molar-refractivity contribution is 6.31. The van der Waals surface area contributed by atoms with Gasteiger partial charge in [0.25, 0.3) is 5.91 Å². The first-order valence-corrected chi connectivity index (χ1v) is 5.79. The molecule has 0 aliphatic heterocycles. The molecule has 0 radical (unpaired) electrons. The maximum absolute atomic E-state index is 11.7. The van der Waals surface area contributed by atoms with Crippen LogP contribution >= 0.6 is 11.6 Å². The van der Waals surface area contributed by atoms with E-state index in [1.54, 1.807) is 18.2 Å². The Morgan fingerprint density at radius 1 is 1.32 bits per heavy atom. The minimum atomic E-state index is -1.14. The first-order valence-electron chi connectivity index (χ1n) is 5.41. The van der Waals surface area contributed by atoms with Gasteiger partial charge in [0.05, 0.1) is 5.56 Å². The number of carboxylic acid groups (broad SMARTS) is 1. The number of rotatable bonds is 4. The van der Waals surface area contributed by atoms with Crippen LogP contribution in [0.15, 0.2) is 41.0 Å². The van der Waals surface area contributed by atoms with Crippen LogP contribution in [-0.2, 0) is 6.54 Å². The molecular formula is C13H10ClNO4. The van der Waals surface area contributed by atoms with Gasteiger partial charge in [-0.05, 0) is 11.6 Å². The van der Waals surface area contributed by atoms with Crippen molar-refractivity contribution in [1.29, 1.82) is 0 Å². The third-order valence-corrected chi connectivity index (χ3v) is 2.84. The highest BCUT2D eigenvalue weighted by Crippen LogP contribution is 2.15. The summed E-state index contributed by atoms with van der Waals surface area (Å²) in [6, 6.07) is 8.28. The molecule has 1 heterocycles. The first kappa shape index (κ1) is 13.2. The van der Waals surface area contributed by atoms with Crippen LogP contribution in [0.5, 0.6) is 0 Å². The lowest BCUT2D eigenvalue weighted by atomic mass is 10.2. The topological polar surface area (TPSA) is 79.5 Å². The first-order chi connectivity index (χ1) is 9.08. The van der Waals surface area contributed by atoms with Crippen molar-refractivity contribution in [2.75, 3.05) is 0 Å². The summed E-state index contributed by atoms with van der Waals surface area (Å²) in [6.45, 7) is 0.238. The lowest BCUT2D eigenvalue weighted by Crippen LogP contribution is -2.22. The van der Waals surface area contributed by atoms with Gasteiger partial charge in [-0.3, -0.25) is 4.79 Å². The van der Waals surface area contributed by atoms with E-state index >= 15 is 0 Å². The zero-order valence-corrected chi connectivity index (χ0v) is 10.5. The Hall–Kier alpha value is -2.27. The zero-order chi connectivity index (χ0) is 13.8. The molecule has 0 saturated carbocycles. The number of hydrogen-bond donors (Lipinski definition) is 2.